The van der Waals surface area contributed by atoms with Crippen molar-refractivity contribution in [2.24, 2.45) is 5.92 Å². The van der Waals surface area contributed by atoms with Gasteiger partial charge in [0.25, 0.3) is 0 Å². The van der Waals surface area contributed by atoms with Crippen LogP contribution in [0, 0.1) is 5.92 Å². The van der Waals surface area contributed by atoms with E-state index in [-0.39, 0.29) is 0 Å². The van der Waals surface area contributed by atoms with Gasteiger partial charge in [-0.2, -0.15) is 0 Å². The number of para-hydroxylation sites is 1. The van der Waals surface area contributed by atoms with E-state index in [1.807, 2.05) is 24.3 Å². The molecule has 0 saturated carbocycles. The molecule has 0 aliphatic heterocycles. The Labute approximate surface area is 101 Å². The van der Waals surface area contributed by atoms with Gasteiger partial charge in [-0.15, -0.1) is 11.6 Å². The van der Waals surface area contributed by atoms with Crippen LogP contribution < -0.4 is 5.32 Å². The van der Waals surface area contributed by atoms with Gasteiger partial charge in [-0.3, -0.25) is 0 Å². The molecule has 3 heteroatoms. The van der Waals surface area contributed by atoms with Gasteiger partial charge in [-0.25, -0.2) is 4.98 Å². The Morgan fingerprint density at radius 3 is 2.88 bits per heavy atom. The van der Waals surface area contributed by atoms with Crippen molar-refractivity contribution in [3.63, 3.8) is 0 Å². The lowest BCUT2D eigenvalue weighted by Gasteiger charge is -2.10. The molecule has 2 nitrogen and oxygen atoms in total. The Hall–Kier alpha value is -1.28. The number of rotatable bonds is 4. The summed E-state index contributed by atoms with van der Waals surface area (Å²) in [6, 6.07) is 12.2. The highest BCUT2D eigenvalue weighted by Crippen LogP contribution is 2.14. The third kappa shape index (κ3) is 2.64. The standard InChI is InChI=1S/C13H15ClN2/c1-10(8-14)9-15-13-7-6-11-4-2-3-5-12(11)16-13/h2-7,10H,8-9H2,1H3,(H,15,16). The molecule has 0 spiro atoms. The molecule has 0 bridgehead atoms. The number of nitrogens with one attached hydrogen (secondary N) is 1. The maximum absolute atomic E-state index is 5.75. The number of anilines is 1. The lowest BCUT2D eigenvalue weighted by Crippen LogP contribution is -2.13. The van der Waals surface area contributed by atoms with Crippen LogP contribution in [0.5, 0.6) is 0 Å². The zero-order valence-corrected chi connectivity index (χ0v) is 10.0. The van der Waals surface area contributed by atoms with Crippen molar-refractivity contribution < 1.29 is 0 Å². The quantitative estimate of drug-likeness (QED) is 0.819. The van der Waals surface area contributed by atoms with Gasteiger partial charge in [-0.1, -0.05) is 25.1 Å². The highest BCUT2D eigenvalue weighted by atomic mass is 35.5. The molecule has 1 unspecified atom stereocenters. The van der Waals surface area contributed by atoms with Gasteiger partial charge < -0.3 is 5.32 Å². The van der Waals surface area contributed by atoms with Gasteiger partial charge in [0.15, 0.2) is 0 Å². The number of hydrogen-bond donors (Lipinski definition) is 1. The lowest BCUT2D eigenvalue weighted by atomic mass is 10.2. The normalized spacial score (nSPS) is 12.6. The topological polar surface area (TPSA) is 24.9 Å². The molecular weight excluding hydrogens is 220 g/mol. The molecule has 1 heterocycles. The van der Waals surface area contributed by atoms with Gasteiger partial charge in [0, 0.05) is 17.8 Å². The molecule has 1 N–H and O–H groups in total. The van der Waals surface area contributed by atoms with E-state index in [0.717, 1.165) is 17.9 Å². The first kappa shape index (κ1) is 11.2. The Morgan fingerprint density at radius 1 is 1.25 bits per heavy atom. The molecule has 1 aromatic heterocycles. The van der Waals surface area contributed by atoms with Crippen LogP contribution in [0.2, 0.25) is 0 Å². The monoisotopic (exact) mass is 234 g/mol. The van der Waals surface area contributed by atoms with Gasteiger partial charge in [0.1, 0.15) is 5.82 Å². The Kier molecular flexibility index (Phi) is 3.62. The minimum Gasteiger partial charge on any atom is -0.370 e. The number of halogens is 1. The second kappa shape index (κ2) is 5.17. The predicted octanol–water partition coefficient (Wildman–Crippen LogP) is 3.52. The van der Waals surface area contributed by atoms with E-state index in [1.54, 1.807) is 0 Å². The second-order valence-electron chi connectivity index (χ2n) is 4.03. The molecular formula is C13H15ClN2. The summed E-state index contributed by atoms with van der Waals surface area (Å²) in [6.45, 7) is 2.97. The summed E-state index contributed by atoms with van der Waals surface area (Å²) in [4.78, 5) is 4.53. The van der Waals surface area contributed by atoms with Crippen molar-refractivity contribution in [2.75, 3.05) is 17.7 Å². The van der Waals surface area contributed by atoms with Crippen LogP contribution in [0.15, 0.2) is 36.4 Å². The zero-order valence-electron chi connectivity index (χ0n) is 9.28. The first-order valence-electron chi connectivity index (χ1n) is 5.45. The van der Waals surface area contributed by atoms with E-state index in [9.17, 15) is 0 Å². The average Bonchev–Trinajstić information content (AvgIpc) is 2.35. The average molecular weight is 235 g/mol. The van der Waals surface area contributed by atoms with Crippen molar-refractivity contribution in [3.05, 3.63) is 36.4 Å². The molecule has 2 rings (SSSR count). The van der Waals surface area contributed by atoms with Crippen molar-refractivity contribution in [3.8, 4) is 0 Å². The first-order chi connectivity index (χ1) is 7.79. The molecule has 1 aromatic carbocycles. The molecule has 2 aromatic rings. The number of hydrogen-bond acceptors (Lipinski definition) is 2. The van der Waals surface area contributed by atoms with Crippen molar-refractivity contribution in [1.82, 2.24) is 4.98 Å². The predicted molar refractivity (Wildman–Crippen MR) is 70.1 cm³/mol. The van der Waals surface area contributed by atoms with E-state index >= 15 is 0 Å². The number of fused-ring (bicyclic) bond motifs is 1. The van der Waals surface area contributed by atoms with Crippen LogP contribution in [0.1, 0.15) is 6.92 Å². The molecule has 0 aliphatic carbocycles. The third-order valence-corrected chi connectivity index (χ3v) is 3.02. The van der Waals surface area contributed by atoms with E-state index in [4.69, 9.17) is 11.6 Å². The largest absolute Gasteiger partial charge is 0.370 e. The number of aromatic nitrogens is 1. The smallest absolute Gasteiger partial charge is 0.126 e. The van der Waals surface area contributed by atoms with E-state index in [2.05, 4.69) is 29.4 Å². The summed E-state index contributed by atoms with van der Waals surface area (Å²) in [5.74, 6) is 2.03. The Morgan fingerprint density at radius 2 is 2.06 bits per heavy atom. The summed E-state index contributed by atoms with van der Waals surface area (Å²) in [5, 5.41) is 4.46. The number of pyridine rings is 1. The summed E-state index contributed by atoms with van der Waals surface area (Å²) in [7, 11) is 0. The van der Waals surface area contributed by atoms with Gasteiger partial charge in [-0.05, 0) is 24.1 Å². The summed E-state index contributed by atoms with van der Waals surface area (Å²) >= 11 is 5.75. The SMILES string of the molecule is CC(CCl)CNc1ccc2ccccc2n1. The van der Waals surface area contributed by atoms with Crippen LogP contribution >= 0.6 is 11.6 Å². The summed E-state index contributed by atoms with van der Waals surface area (Å²) < 4.78 is 0. The van der Waals surface area contributed by atoms with Crippen molar-refractivity contribution in [2.45, 2.75) is 6.92 Å². The minimum atomic E-state index is 0.454. The molecule has 0 saturated heterocycles. The zero-order chi connectivity index (χ0) is 11.4. The van der Waals surface area contributed by atoms with Crippen molar-refractivity contribution >= 4 is 28.3 Å². The second-order valence-corrected chi connectivity index (χ2v) is 4.34. The van der Waals surface area contributed by atoms with Crippen LogP contribution in [0.3, 0.4) is 0 Å². The van der Waals surface area contributed by atoms with Gasteiger partial charge in [0.2, 0.25) is 0 Å². The summed E-state index contributed by atoms with van der Waals surface area (Å²) in [6.07, 6.45) is 0. The van der Waals surface area contributed by atoms with E-state index < -0.39 is 0 Å². The van der Waals surface area contributed by atoms with Gasteiger partial charge in [0.05, 0.1) is 5.52 Å². The Balaban J connectivity index is 2.13. The van der Waals surface area contributed by atoms with Gasteiger partial charge >= 0.3 is 0 Å². The van der Waals surface area contributed by atoms with Crippen molar-refractivity contribution in [1.29, 1.82) is 0 Å². The first-order valence-corrected chi connectivity index (χ1v) is 5.98. The highest BCUT2D eigenvalue weighted by Gasteiger charge is 2.01. The third-order valence-electron chi connectivity index (χ3n) is 2.49. The van der Waals surface area contributed by atoms with Crippen LogP contribution in [-0.4, -0.2) is 17.4 Å². The number of alkyl halides is 1. The fourth-order valence-electron chi connectivity index (χ4n) is 1.50. The summed E-state index contributed by atoms with van der Waals surface area (Å²) in [5.41, 5.74) is 1.02. The molecule has 0 aliphatic rings. The fourth-order valence-corrected chi connectivity index (χ4v) is 1.61. The number of benzene rings is 1. The Bertz CT molecular complexity index is 470. The molecule has 0 radical (unpaired) electrons. The lowest BCUT2D eigenvalue weighted by molar-refractivity contribution is 0.695. The fraction of sp³-hybridized carbons (Fsp3) is 0.308. The van der Waals surface area contributed by atoms with Crippen LogP contribution in [0.4, 0.5) is 5.82 Å². The molecule has 0 fully saturated rings. The molecule has 84 valence electrons. The van der Waals surface area contributed by atoms with E-state index in [0.29, 0.717) is 11.8 Å². The van der Waals surface area contributed by atoms with Crippen LogP contribution in [0.25, 0.3) is 10.9 Å². The molecule has 1 atom stereocenters. The minimum absolute atomic E-state index is 0.454. The molecule has 0 amide bonds. The highest BCUT2D eigenvalue weighted by molar-refractivity contribution is 6.18. The maximum Gasteiger partial charge on any atom is 0.126 e. The van der Waals surface area contributed by atoms with E-state index in [1.165, 1.54) is 5.39 Å². The van der Waals surface area contributed by atoms with Crippen LogP contribution in [-0.2, 0) is 0 Å². The number of nitrogens with zero attached hydrogens (tertiary/aromatic N) is 1. The maximum atomic E-state index is 5.75. The molecule has 16 heavy (non-hydrogen) atoms.